The third-order valence-corrected chi connectivity index (χ3v) is 7.12. The van der Waals surface area contributed by atoms with Crippen molar-refractivity contribution >= 4 is 37.4 Å². The Morgan fingerprint density at radius 3 is 2.63 bits per heavy atom. The van der Waals surface area contributed by atoms with Crippen molar-refractivity contribution in [1.82, 2.24) is 19.5 Å². The van der Waals surface area contributed by atoms with E-state index in [9.17, 15) is 8.42 Å². The highest BCUT2D eigenvalue weighted by molar-refractivity contribution is 7.88. The van der Waals surface area contributed by atoms with Crippen LogP contribution in [0.15, 0.2) is 55.0 Å². The van der Waals surface area contributed by atoms with Gasteiger partial charge >= 0.3 is 0 Å². The highest BCUT2D eigenvalue weighted by Crippen LogP contribution is 2.33. The van der Waals surface area contributed by atoms with Crippen molar-refractivity contribution in [2.75, 3.05) is 24.7 Å². The minimum atomic E-state index is -3.12. The van der Waals surface area contributed by atoms with Crippen LogP contribution < -0.4 is 5.32 Å². The number of hydrogen-bond acceptors (Lipinski definition) is 5. The molecule has 4 aromatic rings. The molecular weight excluding hydrogens is 398 g/mol. The van der Waals surface area contributed by atoms with Crippen molar-refractivity contribution in [3.05, 3.63) is 55.0 Å². The maximum Gasteiger partial charge on any atom is 0.211 e. The topological polar surface area (TPSA) is 91.0 Å². The fourth-order valence-corrected chi connectivity index (χ4v) is 5.03. The summed E-state index contributed by atoms with van der Waals surface area (Å²) in [6, 6.07) is 12.9. The smallest absolute Gasteiger partial charge is 0.211 e. The van der Waals surface area contributed by atoms with Gasteiger partial charge in [-0.3, -0.25) is 10.1 Å². The number of pyridine rings is 1. The first-order valence-corrected chi connectivity index (χ1v) is 11.9. The summed E-state index contributed by atoms with van der Waals surface area (Å²) in [5, 5.41) is 14.0. The van der Waals surface area contributed by atoms with E-state index in [1.165, 1.54) is 6.26 Å². The molecule has 0 amide bonds. The van der Waals surface area contributed by atoms with Gasteiger partial charge in [0.25, 0.3) is 0 Å². The molecule has 1 aliphatic heterocycles. The second kappa shape index (κ2) is 7.37. The molecule has 0 radical (unpaired) electrons. The summed E-state index contributed by atoms with van der Waals surface area (Å²) < 4.78 is 25.1. The van der Waals surface area contributed by atoms with Gasteiger partial charge in [-0.05, 0) is 59.7 Å². The number of aromatic amines is 1. The lowest BCUT2D eigenvalue weighted by Gasteiger charge is -2.31. The molecule has 2 aromatic heterocycles. The number of benzene rings is 2. The molecule has 0 atom stereocenters. The molecule has 1 aliphatic rings. The molecule has 0 bridgehead atoms. The van der Waals surface area contributed by atoms with Crippen LogP contribution in [-0.2, 0) is 10.0 Å². The highest BCUT2D eigenvalue weighted by Gasteiger charge is 2.25. The van der Waals surface area contributed by atoms with Crippen LogP contribution in [0.1, 0.15) is 12.8 Å². The van der Waals surface area contributed by atoms with E-state index in [-0.39, 0.29) is 6.04 Å². The summed E-state index contributed by atoms with van der Waals surface area (Å²) in [4.78, 5) is 4.31. The number of sulfonamides is 1. The van der Waals surface area contributed by atoms with E-state index in [0.29, 0.717) is 13.1 Å². The summed E-state index contributed by atoms with van der Waals surface area (Å²) in [5.41, 5.74) is 4.28. The molecule has 0 unspecified atom stereocenters. The fraction of sp³-hybridized carbons (Fsp3) is 0.273. The fourth-order valence-electron chi connectivity index (χ4n) is 4.16. The van der Waals surface area contributed by atoms with E-state index in [2.05, 4.69) is 44.8 Å². The Balaban J connectivity index is 1.48. The molecule has 7 nitrogen and oxygen atoms in total. The van der Waals surface area contributed by atoms with Crippen molar-refractivity contribution in [2.45, 2.75) is 18.9 Å². The van der Waals surface area contributed by atoms with Crippen LogP contribution in [0.25, 0.3) is 32.8 Å². The van der Waals surface area contributed by atoms with Crippen LogP contribution in [0.5, 0.6) is 0 Å². The third-order valence-electron chi connectivity index (χ3n) is 5.81. The molecule has 1 fully saturated rings. The van der Waals surface area contributed by atoms with Crippen LogP contribution in [0, 0.1) is 0 Å². The lowest BCUT2D eigenvalue weighted by atomic mass is 9.98. The first kappa shape index (κ1) is 19.0. The molecule has 1 saturated heterocycles. The zero-order valence-corrected chi connectivity index (χ0v) is 17.5. The average molecular weight is 422 g/mol. The van der Waals surface area contributed by atoms with E-state index in [1.54, 1.807) is 10.5 Å². The van der Waals surface area contributed by atoms with E-state index in [4.69, 9.17) is 0 Å². The summed E-state index contributed by atoms with van der Waals surface area (Å²) >= 11 is 0. The number of nitrogens with one attached hydrogen (secondary N) is 2. The van der Waals surface area contributed by atoms with Crippen LogP contribution >= 0.6 is 0 Å². The van der Waals surface area contributed by atoms with Crippen LogP contribution in [0.2, 0.25) is 0 Å². The number of aromatic nitrogens is 3. The van der Waals surface area contributed by atoms with Gasteiger partial charge in [0.15, 0.2) is 0 Å². The predicted octanol–water partition coefficient (Wildman–Crippen LogP) is 3.61. The van der Waals surface area contributed by atoms with E-state index in [1.807, 2.05) is 24.5 Å². The molecule has 0 aliphatic carbocycles. The number of anilines is 1. The Kier molecular flexibility index (Phi) is 4.67. The summed E-state index contributed by atoms with van der Waals surface area (Å²) in [6.45, 7) is 1.09. The lowest BCUT2D eigenvalue weighted by molar-refractivity contribution is 0.332. The van der Waals surface area contributed by atoms with Crippen LogP contribution in [-0.4, -0.2) is 53.3 Å². The Morgan fingerprint density at radius 1 is 1.03 bits per heavy atom. The summed E-state index contributed by atoms with van der Waals surface area (Å²) in [5.74, 6) is 0. The van der Waals surface area contributed by atoms with E-state index in [0.717, 1.165) is 51.3 Å². The van der Waals surface area contributed by atoms with Gasteiger partial charge < -0.3 is 5.32 Å². The Bertz CT molecular complexity index is 1320. The molecule has 3 heterocycles. The van der Waals surface area contributed by atoms with Gasteiger partial charge in [-0.2, -0.15) is 5.10 Å². The third kappa shape index (κ3) is 3.64. The number of piperidine rings is 1. The van der Waals surface area contributed by atoms with Crippen molar-refractivity contribution in [1.29, 1.82) is 0 Å². The van der Waals surface area contributed by atoms with Crippen LogP contribution in [0.4, 0.5) is 5.69 Å². The standard InChI is InChI=1S/C22H23N5O2S/c1-30(28,29)27-8-5-19(6-9-27)25-22-12-17(11-16-4-7-23-14-20(16)22)15-2-3-21-18(10-15)13-24-26-21/h2-4,7,10-14,19,25H,5-6,8-9H2,1H3,(H,24,26). The van der Waals surface area contributed by atoms with Gasteiger partial charge in [-0.1, -0.05) is 6.07 Å². The number of hydrogen-bond donors (Lipinski definition) is 2. The van der Waals surface area contributed by atoms with Gasteiger partial charge in [0.2, 0.25) is 10.0 Å². The van der Waals surface area contributed by atoms with Gasteiger partial charge in [0, 0.05) is 48.0 Å². The molecule has 0 saturated carbocycles. The molecule has 154 valence electrons. The Hall–Kier alpha value is -2.97. The molecule has 30 heavy (non-hydrogen) atoms. The minimum Gasteiger partial charge on any atom is -0.382 e. The van der Waals surface area contributed by atoms with Crippen LogP contribution in [0.3, 0.4) is 0 Å². The molecular formula is C22H23N5O2S. The predicted molar refractivity (Wildman–Crippen MR) is 120 cm³/mol. The molecule has 8 heteroatoms. The molecule has 5 rings (SSSR count). The molecule has 0 spiro atoms. The van der Waals surface area contributed by atoms with Crippen molar-refractivity contribution in [3.63, 3.8) is 0 Å². The largest absolute Gasteiger partial charge is 0.382 e. The first-order valence-electron chi connectivity index (χ1n) is 10.0. The number of H-pyrrole nitrogens is 1. The number of fused-ring (bicyclic) bond motifs is 2. The number of rotatable bonds is 4. The van der Waals surface area contributed by atoms with Gasteiger partial charge in [-0.15, -0.1) is 0 Å². The first-order chi connectivity index (χ1) is 14.5. The van der Waals surface area contributed by atoms with Crippen molar-refractivity contribution in [2.24, 2.45) is 0 Å². The van der Waals surface area contributed by atoms with Gasteiger partial charge in [0.1, 0.15) is 0 Å². The monoisotopic (exact) mass is 421 g/mol. The molecule has 2 aromatic carbocycles. The maximum absolute atomic E-state index is 11.8. The van der Waals surface area contributed by atoms with E-state index < -0.39 is 10.0 Å². The van der Waals surface area contributed by atoms with Crippen molar-refractivity contribution in [3.8, 4) is 11.1 Å². The second-order valence-corrected chi connectivity index (χ2v) is 9.86. The lowest BCUT2D eigenvalue weighted by Crippen LogP contribution is -2.41. The van der Waals surface area contributed by atoms with Gasteiger partial charge in [-0.25, -0.2) is 12.7 Å². The summed E-state index contributed by atoms with van der Waals surface area (Å²) in [6.07, 6.45) is 8.35. The minimum absolute atomic E-state index is 0.220. The van der Waals surface area contributed by atoms with Crippen molar-refractivity contribution < 1.29 is 8.42 Å². The quantitative estimate of drug-likeness (QED) is 0.525. The highest BCUT2D eigenvalue weighted by atomic mass is 32.2. The average Bonchev–Trinajstić information content (AvgIpc) is 3.21. The summed E-state index contributed by atoms with van der Waals surface area (Å²) in [7, 11) is -3.12. The molecule has 2 N–H and O–H groups in total. The van der Waals surface area contributed by atoms with Gasteiger partial charge in [0.05, 0.1) is 18.0 Å². The Labute approximate surface area is 175 Å². The SMILES string of the molecule is CS(=O)(=O)N1CCC(Nc2cc(-c3ccc4[nH]ncc4c3)cc3ccncc23)CC1. The number of nitrogens with zero attached hydrogens (tertiary/aromatic N) is 3. The van der Waals surface area contributed by atoms with E-state index >= 15 is 0 Å². The normalized spacial score (nSPS) is 16.3. The zero-order chi connectivity index (χ0) is 20.7. The zero-order valence-electron chi connectivity index (χ0n) is 16.7. The second-order valence-electron chi connectivity index (χ2n) is 7.87. The Morgan fingerprint density at radius 2 is 1.83 bits per heavy atom. The maximum atomic E-state index is 11.8.